The van der Waals surface area contributed by atoms with Crippen LogP contribution in [0.1, 0.15) is 23.7 Å². The Morgan fingerprint density at radius 2 is 1.76 bits per heavy atom. The van der Waals surface area contributed by atoms with Crippen LogP contribution in [0.5, 0.6) is 6.01 Å². The van der Waals surface area contributed by atoms with Crippen LogP contribution < -0.4 is 4.74 Å². The number of aromatic nitrogens is 3. The second kappa shape index (κ2) is 8.06. The van der Waals surface area contributed by atoms with E-state index in [0.717, 1.165) is 17.5 Å². The van der Waals surface area contributed by atoms with Crippen molar-refractivity contribution in [3.05, 3.63) is 72.3 Å². The Bertz CT molecular complexity index is 855. The van der Waals surface area contributed by atoms with Gasteiger partial charge < -0.3 is 4.74 Å². The quantitative estimate of drug-likeness (QED) is 0.638. The summed E-state index contributed by atoms with van der Waals surface area (Å²) in [6, 6.07) is 19.3. The minimum atomic E-state index is -0.276. The van der Waals surface area contributed by atoms with Crippen LogP contribution in [0.4, 0.5) is 0 Å². The summed E-state index contributed by atoms with van der Waals surface area (Å²) in [4.78, 5) is 17.0. The Balaban J connectivity index is 1.91. The Hall–Kier alpha value is -3.21. The van der Waals surface area contributed by atoms with Gasteiger partial charge in [0, 0.05) is 11.6 Å². The van der Waals surface area contributed by atoms with E-state index >= 15 is 0 Å². The first kappa shape index (κ1) is 16.6. The molecule has 5 nitrogen and oxygen atoms in total. The second-order valence-corrected chi connectivity index (χ2v) is 5.43. The molecule has 0 bridgehead atoms. The smallest absolute Gasteiger partial charge is 0.336 e. The first-order valence-corrected chi connectivity index (χ1v) is 8.20. The van der Waals surface area contributed by atoms with Crippen LogP contribution >= 0.6 is 0 Å². The molecule has 0 N–H and O–H groups in total. The maximum absolute atomic E-state index is 12.6. The number of nitrogens with zero attached hydrogens (tertiary/aromatic N) is 3. The third kappa shape index (κ3) is 4.20. The molecule has 0 unspecified atom stereocenters. The molecule has 0 fully saturated rings. The van der Waals surface area contributed by atoms with E-state index in [4.69, 9.17) is 4.74 Å². The molecule has 2 aromatic carbocycles. The molecule has 1 heterocycles. The van der Waals surface area contributed by atoms with E-state index in [2.05, 4.69) is 10.1 Å². The van der Waals surface area contributed by atoms with E-state index < -0.39 is 0 Å². The van der Waals surface area contributed by atoms with E-state index in [9.17, 15) is 4.79 Å². The minimum absolute atomic E-state index is 0.210. The van der Waals surface area contributed by atoms with Crippen molar-refractivity contribution >= 4 is 12.0 Å². The van der Waals surface area contributed by atoms with Crippen LogP contribution in [0, 0.1) is 0 Å². The topological polar surface area (TPSA) is 57.0 Å². The van der Waals surface area contributed by atoms with E-state index in [1.165, 1.54) is 10.8 Å². The number of hydrogen-bond donors (Lipinski definition) is 0. The van der Waals surface area contributed by atoms with Gasteiger partial charge in [-0.3, -0.25) is 4.79 Å². The van der Waals surface area contributed by atoms with Gasteiger partial charge in [0.1, 0.15) is 0 Å². The van der Waals surface area contributed by atoms with Crippen molar-refractivity contribution in [2.24, 2.45) is 0 Å². The molecule has 0 saturated heterocycles. The Morgan fingerprint density at radius 1 is 1.08 bits per heavy atom. The lowest BCUT2D eigenvalue weighted by atomic mass is 10.2. The Morgan fingerprint density at radius 3 is 2.44 bits per heavy atom. The third-order valence-corrected chi connectivity index (χ3v) is 3.48. The highest BCUT2D eigenvalue weighted by atomic mass is 16.5. The molecule has 3 aromatic rings. The molecule has 0 amide bonds. The summed E-state index contributed by atoms with van der Waals surface area (Å²) < 4.78 is 6.77. The summed E-state index contributed by atoms with van der Waals surface area (Å²) in [5.41, 5.74) is 1.75. The predicted molar refractivity (Wildman–Crippen MR) is 97.3 cm³/mol. The fraction of sp³-hybridized carbons (Fsp3) is 0.150. The summed E-state index contributed by atoms with van der Waals surface area (Å²) in [6.07, 6.45) is 4.09. The number of carbonyl (C=O) groups is 1. The fourth-order valence-electron chi connectivity index (χ4n) is 2.28. The largest absolute Gasteiger partial charge is 0.462 e. The van der Waals surface area contributed by atoms with Crippen LogP contribution in [0.3, 0.4) is 0 Å². The van der Waals surface area contributed by atoms with Gasteiger partial charge in [0.25, 0.3) is 5.91 Å². The SMILES string of the molecule is CCCOc1nc(-c2ccccc2)n(C(=O)/C=C/c2ccccc2)n1. The average Bonchev–Trinajstić information content (AvgIpc) is 3.10. The Kier molecular flexibility index (Phi) is 5.36. The molecule has 0 radical (unpaired) electrons. The van der Waals surface area contributed by atoms with Gasteiger partial charge in [-0.2, -0.15) is 9.67 Å². The second-order valence-electron chi connectivity index (χ2n) is 5.43. The zero-order valence-electron chi connectivity index (χ0n) is 14.0. The van der Waals surface area contributed by atoms with Crippen LogP contribution in [-0.2, 0) is 0 Å². The molecule has 3 rings (SSSR count). The minimum Gasteiger partial charge on any atom is -0.462 e. The van der Waals surface area contributed by atoms with Gasteiger partial charge >= 0.3 is 6.01 Å². The molecule has 0 aliphatic heterocycles. The first-order valence-electron chi connectivity index (χ1n) is 8.20. The monoisotopic (exact) mass is 333 g/mol. The molecule has 5 heteroatoms. The maximum atomic E-state index is 12.6. The van der Waals surface area contributed by atoms with Crippen molar-refractivity contribution in [2.75, 3.05) is 6.61 Å². The standard InChI is InChI=1S/C20H19N3O2/c1-2-15-25-20-21-19(17-11-7-4-8-12-17)23(22-20)18(24)14-13-16-9-5-3-6-10-16/h3-14H,2,15H2,1H3/b14-13+. The summed E-state index contributed by atoms with van der Waals surface area (Å²) in [7, 11) is 0. The molecule has 0 saturated carbocycles. The molecule has 0 aliphatic carbocycles. The molecular formula is C20H19N3O2. The molecule has 25 heavy (non-hydrogen) atoms. The van der Waals surface area contributed by atoms with E-state index in [1.54, 1.807) is 6.08 Å². The lowest BCUT2D eigenvalue weighted by molar-refractivity contribution is 0.0954. The molecular weight excluding hydrogens is 314 g/mol. The lowest BCUT2D eigenvalue weighted by Crippen LogP contribution is -2.11. The zero-order chi connectivity index (χ0) is 17.5. The molecule has 126 valence electrons. The highest BCUT2D eigenvalue weighted by Gasteiger charge is 2.16. The van der Waals surface area contributed by atoms with Gasteiger partial charge in [-0.05, 0) is 18.1 Å². The summed E-state index contributed by atoms with van der Waals surface area (Å²) in [5, 5.41) is 4.22. The maximum Gasteiger partial charge on any atom is 0.336 e. The van der Waals surface area contributed by atoms with E-state index in [1.807, 2.05) is 67.6 Å². The number of benzene rings is 2. The summed E-state index contributed by atoms with van der Waals surface area (Å²) in [6.45, 7) is 2.51. The highest BCUT2D eigenvalue weighted by molar-refractivity contribution is 5.95. The molecule has 0 aliphatic rings. The van der Waals surface area contributed by atoms with Crippen LogP contribution in [0.2, 0.25) is 0 Å². The van der Waals surface area contributed by atoms with Crippen LogP contribution in [0.25, 0.3) is 17.5 Å². The van der Waals surface area contributed by atoms with Gasteiger partial charge in [-0.1, -0.05) is 67.6 Å². The zero-order valence-corrected chi connectivity index (χ0v) is 14.0. The number of hydrogen-bond acceptors (Lipinski definition) is 4. The van der Waals surface area contributed by atoms with Crippen molar-refractivity contribution in [1.29, 1.82) is 0 Å². The Labute approximate surface area is 146 Å². The highest BCUT2D eigenvalue weighted by Crippen LogP contribution is 2.20. The van der Waals surface area contributed by atoms with E-state index in [-0.39, 0.29) is 11.9 Å². The van der Waals surface area contributed by atoms with Crippen molar-refractivity contribution in [3.63, 3.8) is 0 Å². The number of rotatable bonds is 6. The molecule has 0 spiro atoms. The van der Waals surface area contributed by atoms with Gasteiger partial charge in [0.05, 0.1) is 6.61 Å². The predicted octanol–water partition coefficient (Wildman–Crippen LogP) is 4.09. The van der Waals surface area contributed by atoms with Crippen molar-refractivity contribution in [2.45, 2.75) is 13.3 Å². The summed E-state index contributed by atoms with van der Waals surface area (Å²) in [5.74, 6) is 0.191. The van der Waals surface area contributed by atoms with Gasteiger partial charge in [0.2, 0.25) is 0 Å². The molecule has 0 atom stereocenters. The number of ether oxygens (including phenoxy) is 1. The van der Waals surface area contributed by atoms with Crippen molar-refractivity contribution in [1.82, 2.24) is 14.8 Å². The van der Waals surface area contributed by atoms with Crippen LogP contribution in [-0.4, -0.2) is 27.3 Å². The molecule has 1 aromatic heterocycles. The first-order chi connectivity index (χ1) is 12.3. The summed E-state index contributed by atoms with van der Waals surface area (Å²) >= 11 is 0. The normalized spacial score (nSPS) is 10.9. The van der Waals surface area contributed by atoms with Gasteiger partial charge in [-0.15, -0.1) is 5.10 Å². The number of allylic oxidation sites excluding steroid dienone is 1. The van der Waals surface area contributed by atoms with Gasteiger partial charge in [0.15, 0.2) is 5.82 Å². The number of carbonyl (C=O) groups excluding carboxylic acids is 1. The van der Waals surface area contributed by atoms with Crippen molar-refractivity contribution in [3.8, 4) is 17.4 Å². The third-order valence-electron chi connectivity index (χ3n) is 3.48. The average molecular weight is 333 g/mol. The van der Waals surface area contributed by atoms with Crippen LogP contribution in [0.15, 0.2) is 66.7 Å². The fourth-order valence-corrected chi connectivity index (χ4v) is 2.28. The van der Waals surface area contributed by atoms with Crippen molar-refractivity contribution < 1.29 is 9.53 Å². The van der Waals surface area contributed by atoms with E-state index in [0.29, 0.717) is 12.4 Å². The van der Waals surface area contributed by atoms with Gasteiger partial charge in [-0.25, -0.2) is 0 Å². The lowest BCUT2D eigenvalue weighted by Gasteiger charge is -2.01.